The first-order chi connectivity index (χ1) is 11.6. The highest BCUT2D eigenvalue weighted by Gasteiger charge is 2.27. The van der Waals surface area contributed by atoms with E-state index in [0.29, 0.717) is 26.1 Å². The molecule has 0 aromatic heterocycles. The molecule has 3 N–H and O–H groups in total. The molecule has 1 saturated heterocycles. The number of benzene rings is 1. The van der Waals surface area contributed by atoms with Gasteiger partial charge in [0.25, 0.3) is 0 Å². The Hall–Kier alpha value is -1.44. The maximum atomic E-state index is 12.6. The number of carbonyl (C=O) groups is 1. The maximum Gasteiger partial charge on any atom is 0.240 e. The van der Waals surface area contributed by atoms with E-state index in [1.54, 1.807) is 17.0 Å². The van der Waals surface area contributed by atoms with Crippen LogP contribution in [0, 0.1) is 0 Å². The summed E-state index contributed by atoms with van der Waals surface area (Å²) in [5.74, 6) is -0.0130. The fourth-order valence-electron chi connectivity index (χ4n) is 3.00. The molecule has 1 aliphatic rings. The van der Waals surface area contributed by atoms with Crippen molar-refractivity contribution < 1.29 is 13.2 Å². The van der Waals surface area contributed by atoms with Gasteiger partial charge in [0.15, 0.2) is 0 Å². The van der Waals surface area contributed by atoms with E-state index < -0.39 is 10.0 Å². The van der Waals surface area contributed by atoms with Crippen molar-refractivity contribution in [3.05, 3.63) is 29.8 Å². The van der Waals surface area contributed by atoms with Gasteiger partial charge in [-0.2, -0.15) is 0 Å². The van der Waals surface area contributed by atoms with Crippen molar-refractivity contribution >= 4 is 15.9 Å². The van der Waals surface area contributed by atoms with Gasteiger partial charge in [-0.15, -0.1) is 0 Å². The maximum absolute atomic E-state index is 12.6. The molecule has 6 nitrogen and oxygen atoms in total. The van der Waals surface area contributed by atoms with Crippen LogP contribution in [-0.4, -0.2) is 44.9 Å². The van der Waals surface area contributed by atoms with Crippen LogP contribution in [-0.2, 0) is 20.2 Å². The molecular weight excluding hydrogens is 338 g/mol. The minimum atomic E-state index is -3.60. The van der Waals surface area contributed by atoms with Gasteiger partial charge in [0.1, 0.15) is 0 Å². The molecule has 1 aromatic rings. The van der Waals surface area contributed by atoms with E-state index in [-0.39, 0.29) is 22.3 Å². The molecule has 7 heteroatoms. The third kappa shape index (κ3) is 5.26. The highest BCUT2D eigenvalue weighted by molar-refractivity contribution is 7.89. The Kier molecular flexibility index (Phi) is 6.24. The monoisotopic (exact) mass is 367 g/mol. The molecule has 1 aromatic carbocycles. The molecule has 25 heavy (non-hydrogen) atoms. The van der Waals surface area contributed by atoms with Gasteiger partial charge in [0, 0.05) is 32.1 Å². The van der Waals surface area contributed by atoms with Gasteiger partial charge in [-0.25, -0.2) is 13.1 Å². The first kappa shape index (κ1) is 19.9. The summed E-state index contributed by atoms with van der Waals surface area (Å²) in [6.45, 7) is 7.64. The van der Waals surface area contributed by atoms with E-state index in [4.69, 9.17) is 5.73 Å². The lowest BCUT2D eigenvalue weighted by Crippen LogP contribution is -2.49. The predicted octanol–water partition coefficient (Wildman–Crippen LogP) is 1.60. The van der Waals surface area contributed by atoms with Crippen molar-refractivity contribution in [2.24, 2.45) is 5.73 Å². The average molecular weight is 368 g/mol. The Morgan fingerprint density at radius 3 is 2.48 bits per heavy atom. The Morgan fingerprint density at radius 1 is 1.28 bits per heavy atom. The molecule has 140 valence electrons. The zero-order chi connectivity index (χ0) is 18.7. The zero-order valence-electron chi connectivity index (χ0n) is 15.3. The number of carbonyl (C=O) groups excluding carboxylic acids is 1. The minimum Gasteiger partial charge on any atom is -0.341 e. The van der Waals surface area contributed by atoms with Crippen LogP contribution in [0.2, 0.25) is 0 Å². The molecule has 1 atom stereocenters. The van der Waals surface area contributed by atoms with Gasteiger partial charge in [-0.1, -0.05) is 32.9 Å². The first-order valence-electron chi connectivity index (χ1n) is 8.74. The molecule has 0 spiro atoms. The summed E-state index contributed by atoms with van der Waals surface area (Å²) >= 11 is 0. The summed E-state index contributed by atoms with van der Waals surface area (Å²) in [5.41, 5.74) is 6.49. The summed E-state index contributed by atoms with van der Waals surface area (Å²) in [6, 6.07) is 6.73. The van der Waals surface area contributed by atoms with E-state index >= 15 is 0 Å². The van der Waals surface area contributed by atoms with E-state index in [1.165, 1.54) is 0 Å². The van der Waals surface area contributed by atoms with Crippen LogP contribution in [0.3, 0.4) is 0 Å². The predicted molar refractivity (Wildman–Crippen MR) is 98.7 cm³/mol. The van der Waals surface area contributed by atoms with E-state index in [2.05, 4.69) is 25.5 Å². The van der Waals surface area contributed by atoms with Crippen LogP contribution < -0.4 is 10.5 Å². The molecule has 0 aliphatic carbocycles. The second kappa shape index (κ2) is 7.85. The van der Waals surface area contributed by atoms with Gasteiger partial charge in [0.2, 0.25) is 15.9 Å². The van der Waals surface area contributed by atoms with Crippen LogP contribution in [0.4, 0.5) is 0 Å². The third-order valence-corrected chi connectivity index (χ3v) is 6.02. The van der Waals surface area contributed by atoms with Crippen LogP contribution in [0.25, 0.3) is 0 Å². The molecule has 1 heterocycles. The number of sulfonamides is 1. The quantitative estimate of drug-likeness (QED) is 0.827. The smallest absolute Gasteiger partial charge is 0.240 e. The van der Waals surface area contributed by atoms with Gasteiger partial charge < -0.3 is 10.6 Å². The number of likely N-dealkylation sites (tertiary alicyclic amines) is 1. The molecule has 0 saturated carbocycles. The largest absolute Gasteiger partial charge is 0.341 e. The fourth-order valence-corrected chi connectivity index (χ4v) is 4.26. The zero-order valence-corrected chi connectivity index (χ0v) is 16.1. The van der Waals surface area contributed by atoms with Crippen molar-refractivity contribution in [3.8, 4) is 0 Å². The summed E-state index contributed by atoms with van der Waals surface area (Å²) in [7, 11) is -3.60. The van der Waals surface area contributed by atoms with Crippen molar-refractivity contribution in [1.29, 1.82) is 0 Å². The van der Waals surface area contributed by atoms with E-state index in [0.717, 1.165) is 18.4 Å². The van der Waals surface area contributed by atoms with Crippen LogP contribution in [0.5, 0.6) is 0 Å². The van der Waals surface area contributed by atoms with Crippen molar-refractivity contribution in [1.82, 2.24) is 9.62 Å². The molecule has 1 amide bonds. The molecule has 1 fully saturated rings. The number of nitrogens with two attached hydrogens (primary N) is 1. The standard InChI is InChI=1S/C18H29N3O3S/c1-18(2,3)14-6-8-16(9-7-14)25(23,24)20-15-5-4-12-21(13-15)17(22)10-11-19/h6-9,15,20H,4-5,10-13,19H2,1-3H3/t15-/m1/s1. The normalized spacial score (nSPS) is 19.0. The number of nitrogens with one attached hydrogen (secondary N) is 1. The van der Waals surface area contributed by atoms with Crippen LogP contribution in [0.15, 0.2) is 29.2 Å². The highest BCUT2D eigenvalue weighted by atomic mass is 32.2. The lowest BCUT2D eigenvalue weighted by atomic mass is 9.87. The number of amides is 1. The molecule has 0 unspecified atom stereocenters. The lowest BCUT2D eigenvalue weighted by Gasteiger charge is -2.33. The van der Waals surface area contributed by atoms with Crippen LogP contribution in [0.1, 0.15) is 45.6 Å². The highest BCUT2D eigenvalue weighted by Crippen LogP contribution is 2.23. The fraction of sp³-hybridized carbons (Fsp3) is 0.611. The van der Waals surface area contributed by atoms with Gasteiger partial charge in [-0.3, -0.25) is 4.79 Å². The van der Waals surface area contributed by atoms with Crippen LogP contribution >= 0.6 is 0 Å². The van der Waals surface area contributed by atoms with Crippen molar-refractivity contribution in [3.63, 3.8) is 0 Å². The molecule has 2 rings (SSSR count). The first-order valence-corrected chi connectivity index (χ1v) is 10.2. The number of piperidine rings is 1. The lowest BCUT2D eigenvalue weighted by molar-refractivity contribution is -0.132. The molecule has 0 bridgehead atoms. The summed E-state index contributed by atoms with van der Waals surface area (Å²) in [4.78, 5) is 13.9. The molecule has 1 aliphatic heterocycles. The Labute approximate surface area is 150 Å². The van der Waals surface area contributed by atoms with Gasteiger partial charge in [-0.05, 0) is 36.0 Å². The van der Waals surface area contributed by atoms with Crippen molar-refractivity contribution in [2.75, 3.05) is 19.6 Å². The van der Waals surface area contributed by atoms with Gasteiger partial charge in [0.05, 0.1) is 4.90 Å². The number of hydrogen-bond donors (Lipinski definition) is 2. The summed E-state index contributed by atoms with van der Waals surface area (Å²) in [6.07, 6.45) is 1.81. The topological polar surface area (TPSA) is 92.5 Å². The van der Waals surface area contributed by atoms with E-state index in [9.17, 15) is 13.2 Å². The number of rotatable bonds is 5. The van der Waals surface area contributed by atoms with Gasteiger partial charge >= 0.3 is 0 Å². The summed E-state index contributed by atoms with van der Waals surface area (Å²) in [5, 5.41) is 0. The Balaban J connectivity index is 2.06. The Bertz CT molecular complexity index is 693. The Morgan fingerprint density at radius 2 is 1.92 bits per heavy atom. The van der Waals surface area contributed by atoms with Crippen molar-refractivity contribution in [2.45, 2.75) is 56.4 Å². The SMILES string of the molecule is CC(C)(C)c1ccc(S(=O)(=O)N[C@@H]2CCCN(C(=O)CCN)C2)cc1. The molecular formula is C18H29N3O3S. The number of hydrogen-bond acceptors (Lipinski definition) is 4. The third-order valence-electron chi connectivity index (χ3n) is 4.48. The second-order valence-electron chi connectivity index (χ2n) is 7.61. The number of nitrogens with zero attached hydrogens (tertiary/aromatic N) is 1. The van der Waals surface area contributed by atoms with E-state index in [1.807, 2.05) is 12.1 Å². The molecule has 0 radical (unpaired) electrons. The second-order valence-corrected chi connectivity index (χ2v) is 9.33. The summed E-state index contributed by atoms with van der Waals surface area (Å²) < 4.78 is 28.0. The average Bonchev–Trinajstić information content (AvgIpc) is 2.54. The minimum absolute atomic E-state index is 0.0130.